The van der Waals surface area contributed by atoms with Crippen LogP contribution in [0.25, 0.3) is 22.4 Å². The molecule has 0 unspecified atom stereocenters. The highest BCUT2D eigenvalue weighted by Crippen LogP contribution is 2.23. The molecule has 2 amide bonds. The van der Waals surface area contributed by atoms with E-state index in [1.54, 1.807) is 0 Å². The van der Waals surface area contributed by atoms with Crippen molar-refractivity contribution >= 4 is 22.8 Å². The highest BCUT2D eigenvalue weighted by atomic mass is 16.2. The fraction of sp³-hybridized carbons (Fsp3) is 0.222. The molecular formula is C18H20N4O. The van der Waals surface area contributed by atoms with Gasteiger partial charge >= 0.3 is 6.03 Å². The Bertz CT molecular complexity index is 812. The minimum Gasteiger partial charge on any atom is -0.338 e. The molecule has 0 atom stereocenters. The molecule has 3 aromatic rings. The van der Waals surface area contributed by atoms with Crippen molar-refractivity contribution in [2.45, 2.75) is 26.3 Å². The van der Waals surface area contributed by atoms with Crippen molar-refractivity contribution in [2.24, 2.45) is 0 Å². The fourth-order valence-electron chi connectivity index (χ4n) is 2.34. The maximum Gasteiger partial charge on any atom is 0.319 e. The van der Waals surface area contributed by atoms with Crippen molar-refractivity contribution in [3.63, 3.8) is 0 Å². The molecule has 3 rings (SSSR count). The summed E-state index contributed by atoms with van der Waals surface area (Å²) >= 11 is 0. The molecule has 0 radical (unpaired) electrons. The second kappa shape index (κ2) is 5.76. The Hall–Kier alpha value is -2.82. The van der Waals surface area contributed by atoms with E-state index in [2.05, 4.69) is 20.6 Å². The van der Waals surface area contributed by atoms with Crippen LogP contribution in [0.1, 0.15) is 20.8 Å². The number of hydrogen-bond donors (Lipinski definition) is 3. The molecule has 3 N–H and O–H groups in total. The molecule has 0 aliphatic heterocycles. The lowest BCUT2D eigenvalue weighted by molar-refractivity contribution is 0.244. The number of nitrogens with zero attached hydrogens (tertiary/aromatic N) is 1. The molecule has 0 fully saturated rings. The predicted molar refractivity (Wildman–Crippen MR) is 93.4 cm³/mol. The first-order valence-corrected chi connectivity index (χ1v) is 7.55. The maximum atomic E-state index is 12.0. The number of rotatable bonds is 2. The molecule has 1 heterocycles. The van der Waals surface area contributed by atoms with E-state index in [9.17, 15) is 4.79 Å². The van der Waals surface area contributed by atoms with Gasteiger partial charge < -0.3 is 15.6 Å². The van der Waals surface area contributed by atoms with Gasteiger partial charge in [0.25, 0.3) is 0 Å². The molecule has 0 aliphatic carbocycles. The summed E-state index contributed by atoms with van der Waals surface area (Å²) in [5.41, 5.74) is 3.29. The third-order valence-corrected chi connectivity index (χ3v) is 3.27. The first kappa shape index (κ1) is 15.1. The number of benzene rings is 2. The largest absolute Gasteiger partial charge is 0.338 e. The molecule has 0 aliphatic rings. The standard InChI is InChI=1S/C18H20N4O/c1-18(2,3)22-17(23)19-13-8-6-7-12(11-13)16-20-14-9-4-5-10-15(14)21-16/h4-11H,1-3H3,(H,20,21)(H2,19,22,23). The van der Waals surface area contributed by atoms with E-state index in [1.165, 1.54) is 0 Å². The maximum absolute atomic E-state index is 12.0. The van der Waals surface area contributed by atoms with Crippen molar-refractivity contribution in [1.82, 2.24) is 15.3 Å². The quantitative estimate of drug-likeness (QED) is 0.665. The predicted octanol–water partition coefficient (Wildman–Crippen LogP) is 4.15. The number of amides is 2. The monoisotopic (exact) mass is 308 g/mol. The van der Waals surface area contributed by atoms with Crippen molar-refractivity contribution in [2.75, 3.05) is 5.32 Å². The number of imidazole rings is 1. The molecule has 118 valence electrons. The number of carbonyl (C=O) groups is 1. The summed E-state index contributed by atoms with van der Waals surface area (Å²) in [5.74, 6) is 0.783. The lowest BCUT2D eigenvalue weighted by Gasteiger charge is -2.20. The van der Waals surface area contributed by atoms with Gasteiger partial charge in [-0.3, -0.25) is 0 Å². The fourth-order valence-corrected chi connectivity index (χ4v) is 2.34. The first-order valence-electron chi connectivity index (χ1n) is 7.55. The highest BCUT2D eigenvalue weighted by molar-refractivity contribution is 5.90. The smallest absolute Gasteiger partial charge is 0.319 e. The van der Waals surface area contributed by atoms with E-state index in [4.69, 9.17) is 0 Å². The number of fused-ring (bicyclic) bond motifs is 1. The minimum absolute atomic E-state index is 0.223. The number of anilines is 1. The number of aromatic amines is 1. The summed E-state index contributed by atoms with van der Waals surface area (Å²) in [4.78, 5) is 19.8. The topological polar surface area (TPSA) is 69.8 Å². The van der Waals surface area contributed by atoms with E-state index in [0.717, 1.165) is 28.1 Å². The number of urea groups is 1. The average Bonchev–Trinajstić information content (AvgIpc) is 2.89. The van der Waals surface area contributed by atoms with E-state index < -0.39 is 0 Å². The van der Waals surface area contributed by atoms with Gasteiger partial charge in [0.05, 0.1) is 11.0 Å². The van der Waals surface area contributed by atoms with Crippen molar-refractivity contribution < 1.29 is 4.79 Å². The Morgan fingerprint density at radius 2 is 1.87 bits per heavy atom. The SMILES string of the molecule is CC(C)(C)NC(=O)Nc1cccc(-c2nc3ccccc3[nH]2)c1. The molecule has 5 nitrogen and oxygen atoms in total. The second-order valence-electron chi connectivity index (χ2n) is 6.51. The second-order valence-corrected chi connectivity index (χ2v) is 6.51. The zero-order chi connectivity index (χ0) is 16.4. The molecular weight excluding hydrogens is 288 g/mol. The van der Waals surface area contributed by atoms with Gasteiger partial charge in [0.2, 0.25) is 0 Å². The number of nitrogens with one attached hydrogen (secondary N) is 3. The molecule has 2 aromatic carbocycles. The average molecular weight is 308 g/mol. The Morgan fingerprint density at radius 3 is 2.61 bits per heavy atom. The third-order valence-electron chi connectivity index (χ3n) is 3.27. The minimum atomic E-state index is -0.277. The Morgan fingerprint density at radius 1 is 1.09 bits per heavy atom. The molecule has 1 aromatic heterocycles. The number of H-pyrrole nitrogens is 1. The normalized spacial score (nSPS) is 11.4. The number of hydrogen-bond acceptors (Lipinski definition) is 2. The van der Waals surface area contributed by atoms with Gasteiger partial charge in [-0.1, -0.05) is 24.3 Å². The number of para-hydroxylation sites is 2. The Balaban J connectivity index is 1.83. The Labute approximate surface area is 135 Å². The zero-order valence-corrected chi connectivity index (χ0v) is 13.5. The third kappa shape index (κ3) is 3.69. The summed E-state index contributed by atoms with van der Waals surface area (Å²) in [7, 11) is 0. The van der Waals surface area contributed by atoms with Crippen LogP contribution in [0, 0.1) is 0 Å². The van der Waals surface area contributed by atoms with E-state index in [0.29, 0.717) is 0 Å². The van der Waals surface area contributed by atoms with Crippen LogP contribution >= 0.6 is 0 Å². The van der Waals surface area contributed by atoms with Gasteiger partial charge in [-0.2, -0.15) is 0 Å². The van der Waals surface area contributed by atoms with Crippen LogP contribution < -0.4 is 10.6 Å². The summed E-state index contributed by atoms with van der Waals surface area (Å²) in [6, 6.07) is 15.3. The van der Waals surface area contributed by atoms with Gasteiger partial charge in [-0.15, -0.1) is 0 Å². The summed E-state index contributed by atoms with van der Waals surface area (Å²) in [6.07, 6.45) is 0. The van der Waals surface area contributed by atoms with Crippen LogP contribution in [0.5, 0.6) is 0 Å². The highest BCUT2D eigenvalue weighted by Gasteiger charge is 2.14. The molecule has 0 saturated heterocycles. The van der Waals surface area contributed by atoms with E-state index >= 15 is 0 Å². The number of carbonyl (C=O) groups excluding carboxylic acids is 1. The van der Waals surface area contributed by atoms with Crippen molar-refractivity contribution in [3.05, 3.63) is 48.5 Å². The van der Waals surface area contributed by atoms with Gasteiger partial charge in [0.1, 0.15) is 5.82 Å². The molecule has 5 heteroatoms. The lowest BCUT2D eigenvalue weighted by Crippen LogP contribution is -2.43. The number of aromatic nitrogens is 2. The lowest BCUT2D eigenvalue weighted by atomic mass is 10.1. The van der Waals surface area contributed by atoms with Crippen LogP contribution in [0.15, 0.2) is 48.5 Å². The van der Waals surface area contributed by atoms with Gasteiger partial charge in [0, 0.05) is 16.8 Å². The van der Waals surface area contributed by atoms with Gasteiger partial charge in [0.15, 0.2) is 0 Å². The summed E-state index contributed by atoms with van der Waals surface area (Å²) in [5, 5.41) is 5.73. The summed E-state index contributed by atoms with van der Waals surface area (Å²) in [6.45, 7) is 5.83. The van der Waals surface area contributed by atoms with Gasteiger partial charge in [-0.25, -0.2) is 9.78 Å². The van der Waals surface area contributed by atoms with Crippen molar-refractivity contribution in [1.29, 1.82) is 0 Å². The molecule has 0 spiro atoms. The van der Waals surface area contributed by atoms with Gasteiger partial charge in [-0.05, 0) is 45.0 Å². The van der Waals surface area contributed by atoms with E-state index in [-0.39, 0.29) is 11.6 Å². The molecule has 23 heavy (non-hydrogen) atoms. The zero-order valence-electron chi connectivity index (χ0n) is 13.5. The molecule has 0 saturated carbocycles. The molecule has 0 bridgehead atoms. The van der Waals surface area contributed by atoms with E-state index in [1.807, 2.05) is 69.3 Å². The van der Waals surface area contributed by atoms with Crippen molar-refractivity contribution in [3.8, 4) is 11.4 Å². The Kier molecular flexibility index (Phi) is 3.78. The van der Waals surface area contributed by atoms with Crippen LogP contribution in [0.4, 0.5) is 10.5 Å². The van der Waals surface area contributed by atoms with Crippen LogP contribution in [0.2, 0.25) is 0 Å². The van der Waals surface area contributed by atoms with Crippen LogP contribution in [-0.2, 0) is 0 Å². The van der Waals surface area contributed by atoms with Crippen LogP contribution in [-0.4, -0.2) is 21.5 Å². The van der Waals surface area contributed by atoms with Crippen LogP contribution in [0.3, 0.4) is 0 Å². The first-order chi connectivity index (χ1) is 10.9. The summed E-state index contributed by atoms with van der Waals surface area (Å²) < 4.78 is 0.